The van der Waals surface area contributed by atoms with Gasteiger partial charge < -0.3 is 0 Å². The lowest BCUT2D eigenvalue weighted by Crippen LogP contribution is -2.23. The first-order valence-electron chi connectivity index (χ1n) is 7.75. The first-order valence-corrected chi connectivity index (χ1v) is 7.75. The largest absolute Gasteiger partial charge is 0.207 e. The number of benzene rings is 2. The van der Waals surface area contributed by atoms with Crippen LogP contribution in [0.25, 0.3) is 0 Å². The Bertz CT molecular complexity index is 709. The van der Waals surface area contributed by atoms with Crippen molar-refractivity contribution in [1.82, 2.24) is 0 Å². The Morgan fingerprint density at radius 2 is 1.43 bits per heavy atom. The van der Waals surface area contributed by atoms with Crippen molar-refractivity contribution in [3.8, 4) is 0 Å². The quantitative estimate of drug-likeness (QED) is 0.658. The average molecular weight is 320 g/mol. The summed E-state index contributed by atoms with van der Waals surface area (Å²) < 4.78 is 41.9. The fraction of sp³-hybridized carbons (Fsp3) is 0.400. The van der Waals surface area contributed by atoms with E-state index >= 15 is 0 Å². The molecular formula is C20H23F3. The van der Waals surface area contributed by atoms with Gasteiger partial charge in [0, 0.05) is 0 Å². The van der Waals surface area contributed by atoms with Gasteiger partial charge in [-0.3, -0.25) is 0 Å². The summed E-state index contributed by atoms with van der Waals surface area (Å²) in [5.74, 6) is -1.26. The molecule has 0 saturated heterocycles. The molecule has 0 fully saturated rings. The molecule has 0 heterocycles. The van der Waals surface area contributed by atoms with Gasteiger partial charge in [-0.05, 0) is 58.2 Å². The zero-order valence-corrected chi connectivity index (χ0v) is 14.3. The number of halogens is 3. The van der Waals surface area contributed by atoms with E-state index in [2.05, 4.69) is 0 Å². The zero-order chi connectivity index (χ0) is 17.4. The number of rotatable bonds is 3. The summed E-state index contributed by atoms with van der Waals surface area (Å²) in [5, 5.41) is 0. The van der Waals surface area contributed by atoms with Crippen LogP contribution in [0.15, 0.2) is 36.4 Å². The van der Waals surface area contributed by atoms with Gasteiger partial charge in [-0.15, -0.1) is 0 Å². The summed E-state index contributed by atoms with van der Waals surface area (Å²) in [6.45, 7) is 9.65. The van der Waals surface area contributed by atoms with Crippen LogP contribution in [0.5, 0.6) is 0 Å². The maximum Gasteiger partial charge on any atom is 0.127 e. The van der Waals surface area contributed by atoms with Crippen LogP contribution in [-0.2, 0) is 17.3 Å². The van der Waals surface area contributed by atoms with Crippen molar-refractivity contribution >= 4 is 0 Å². The monoisotopic (exact) mass is 320 g/mol. The van der Waals surface area contributed by atoms with Gasteiger partial charge in [0.2, 0.25) is 0 Å². The Kier molecular flexibility index (Phi) is 4.61. The predicted octanol–water partition coefficient (Wildman–Crippen LogP) is 5.92. The van der Waals surface area contributed by atoms with Crippen LogP contribution < -0.4 is 0 Å². The van der Waals surface area contributed by atoms with E-state index in [-0.39, 0.29) is 16.8 Å². The molecular weight excluding hydrogens is 297 g/mol. The highest BCUT2D eigenvalue weighted by Gasteiger charge is 2.27. The maximum atomic E-state index is 14.4. The van der Waals surface area contributed by atoms with E-state index in [9.17, 15) is 13.2 Å². The van der Waals surface area contributed by atoms with E-state index in [0.29, 0.717) is 12.0 Å². The molecule has 23 heavy (non-hydrogen) atoms. The summed E-state index contributed by atoms with van der Waals surface area (Å²) >= 11 is 0. The Labute approximate surface area is 136 Å². The molecule has 2 aromatic rings. The van der Waals surface area contributed by atoms with Crippen LogP contribution in [0.1, 0.15) is 51.3 Å². The maximum absolute atomic E-state index is 14.4. The number of hydrogen-bond donors (Lipinski definition) is 0. The van der Waals surface area contributed by atoms with Gasteiger partial charge in [0.1, 0.15) is 17.5 Å². The van der Waals surface area contributed by atoms with Crippen molar-refractivity contribution in [3.05, 3.63) is 70.5 Å². The molecule has 0 aromatic heterocycles. The Morgan fingerprint density at radius 1 is 0.783 bits per heavy atom. The van der Waals surface area contributed by atoms with Crippen molar-refractivity contribution in [2.45, 2.75) is 51.9 Å². The summed E-state index contributed by atoms with van der Waals surface area (Å²) in [6.07, 6.45) is 0.295. The molecule has 0 nitrogen and oxygen atoms in total. The summed E-state index contributed by atoms with van der Waals surface area (Å²) in [4.78, 5) is 0. The van der Waals surface area contributed by atoms with E-state index < -0.39 is 17.0 Å². The van der Waals surface area contributed by atoms with Crippen molar-refractivity contribution in [2.24, 2.45) is 0 Å². The zero-order valence-electron chi connectivity index (χ0n) is 14.3. The van der Waals surface area contributed by atoms with Crippen molar-refractivity contribution in [2.75, 3.05) is 0 Å². The minimum Gasteiger partial charge on any atom is -0.207 e. The highest BCUT2D eigenvalue weighted by Crippen LogP contribution is 2.32. The predicted molar refractivity (Wildman–Crippen MR) is 88.2 cm³/mol. The molecule has 0 aliphatic carbocycles. The van der Waals surface area contributed by atoms with Crippen LogP contribution in [0.4, 0.5) is 13.2 Å². The first-order chi connectivity index (χ1) is 10.5. The molecule has 2 rings (SSSR count). The van der Waals surface area contributed by atoms with Gasteiger partial charge in [-0.1, -0.05) is 46.8 Å². The Balaban J connectivity index is 2.36. The first kappa shape index (κ1) is 17.6. The molecule has 0 radical (unpaired) electrons. The second-order valence-electron chi connectivity index (χ2n) is 7.74. The molecule has 0 spiro atoms. The summed E-state index contributed by atoms with van der Waals surface area (Å²) in [7, 11) is 0. The lowest BCUT2D eigenvalue weighted by Gasteiger charge is -2.27. The van der Waals surface area contributed by atoms with Crippen LogP contribution in [-0.4, -0.2) is 0 Å². The molecule has 0 saturated carbocycles. The van der Waals surface area contributed by atoms with E-state index in [1.54, 1.807) is 19.9 Å². The average Bonchev–Trinajstić information content (AvgIpc) is 2.42. The molecule has 0 bridgehead atoms. The minimum atomic E-state index is -0.712. The summed E-state index contributed by atoms with van der Waals surface area (Å²) in [6, 6.07) is 8.58. The van der Waals surface area contributed by atoms with Crippen molar-refractivity contribution < 1.29 is 13.2 Å². The van der Waals surface area contributed by atoms with E-state index in [0.717, 1.165) is 17.7 Å². The van der Waals surface area contributed by atoms with Crippen LogP contribution >= 0.6 is 0 Å². The highest BCUT2D eigenvalue weighted by molar-refractivity contribution is 5.33. The molecule has 0 aliphatic heterocycles. The second kappa shape index (κ2) is 6.03. The standard InChI is InChI=1S/C20H23F3/c1-19(2,3)14-7-6-13(18(23)10-14)12-20(4,5)16-11-15(21)8-9-17(16)22/h6-11H,12H2,1-5H3. The molecule has 0 aliphatic rings. The fourth-order valence-corrected chi connectivity index (χ4v) is 2.74. The number of hydrogen-bond acceptors (Lipinski definition) is 0. The Hall–Kier alpha value is -1.77. The normalized spacial score (nSPS) is 12.5. The van der Waals surface area contributed by atoms with Crippen LogP contribution in [0.3, 0.4) is 0 Å². The van der Waals surface area contributed by atoms with Gasteiger partial charge in [0.05, 0.1) is 0 Å². The third-order valence-corrected chi connectivity index (χ3v) is 4.21. The lowest BCUT2D eigenvalue weighted by molar-refractivity contribution is 0.462. The van der Waals surface area contributed by atoms with E-state index in [4.69, 9.17) is 0 Å². The molecule has 0 N–H and O–H groups in total. The molecule has 2 aromatic carbocycles. The van der Waals surface area contributed by atoms with E-state index in [1.807, 2.05) is 26.8 Å². The SMILES string of the molecule is CC(C)(C)c1ccc(CC(C)(C)c2cc(F)ccc2F)c(F)c1. The molecule has 3 heteroatoms. The van der Waals surface area contributed by atoms with E-state index in [1.165, 1.54) is 12.1 Å². The van der Waals surface area contributed by atoms with Crippen LogP contribution in [0.2, 0.25) is 0 Å². The third-order valence-electron chi connectivity index (χ3n) is 4.21. The van der Waals surface area contributed by atoms with Crippen LogP contribution in [0, 0.1) is 17.5 Å². The minimum absolute atomic E-state index is 0.135. The van der Waals surface area contributed by atoms with Gasteiger partial charge in [-0.25, -0.2) is 13.2 Å². The molecule has 0 amide bonds. The highest BCUT2D eigenvalue weighted by atomic mass is 19.1. The molecule has 0 unspecified atom stereocenters. The topological polar surface area (TPSA) is 0 Å². The third kappa shape index (κ3) is 3.95. The molecule has 124 valence electrons. The fourth-order valence-electron chi connectivity index (χ4n) is 2.74. The van der Waals surface area contributed by atoms with Gasteiger partial charge >= 0.3 is 0 Å². The van der Waals surface area contributed by atoms with Crippen molar-refractivity contribution in [1.29, 1.82) is 0 Å². The van der Waals surface area contributed by atoms with Crippen molar-refractivity contribution in [3.63, 3.8) is 0 Å². The summed E-state index contributed by atoms with van der Waals surface area (Å²) in [5.41, 5.74) is 0.830. The van der Waals surface area contributed by atoms with Gasteiger partial charge in [0.25, 0.3) is 0 Å². The van der Waals surface area contributed by atoms with Gasteiger partial charge in [-0.2, -0.15) is 0 Å². The van der Waals surface area contributed by atoms with Gasteiger partial charge in [0.15, 0.2) is 0 Å². The second-order valence-corrected chi connectivity index (χ2v) is 7.74. The smallest absolute Gasteiger partial charge is 0.127 e. The molecule has 0 atom stereocenters. The Morgan fingerprint density at radius 3 is 2.00 bits per heavy atom. The lowest BCUT2D eigenvalue weighted by atomic mass is 9.78.